The quantitative estimate of drug-likeness (QED) is 0.143. The topological polar surface area (TPSA) is 0 Å². The molecule has 0 aromatic heterocycles. The maximum atomic E-state index is 4.37. The number of hydrogen-bond donors (Lipinski definition) is 0. The minimum atomic E-state index is 0.971. The van der Waals surface area contributed by atoms with E-state index in [1.54, 1.807) is 0 Å². The van der Waals surface area contributed by atoms with E-state index in [1.165, 1.54) is 55.6 Å². The van der Waals surface area contributed by atoms with Gasteiger partial charge in [-0.3, -0.25) is 0 Å². The van der Waals surface area contributed by atoms with Gasteiger partial charge in [-0.25, -0.2) is 0 Å². The van der Waals surface area contributed by atoms with Gasteiger partial charge in [-0.1, -0.05) is 211 Å². The lowest BCUT2D eigenvalue weighted by Gasteiger charge is -2.15. The summed E-state index contributed by atoms with van der Waals surface area (Å²) < 4.78 is 0. The summed E-state index contributed by atoms with van der Waals surface area (Å²) in [6.45, 7) is 27.0. The molecule has 0 spiro atoms. The molecule has 0 saturated carbocycles. The van der Waals surface area contributed by atoms with E-state index in [2.05, 4.69) is 179 Å². The Balaban J connectivity index is 0.000000285. The van der Waals surface area contributed by atoms with E-state index >= 15 is 0 Å². The predicted molar refractivity (Wildman–Crippen MR) is 225 cm³/mol. The highest BCUT2D eigenvalue weighted by Gasteiger charge is 2.11. The van der Waals surface area contributed by atoms with E-state index < -0.39 is 0 Å². The fourth-order valence-corrected chi connectivity index (χ4v) is 5.53. The van der Waals surface area contributed by atoms with Gasteiger partial charge in [-0.2, -0.15) is 0 Å². The molecule has 0 fully saturated rings. The van der Waals surface area contributed by atoms with Gasteiger partial charge in [0.05, 0.1) is 0 Å². The van der Waals surface area contributed by atoms with Crippen LogP contribution in [0.3, 0.4) is 0 Å². The predicted octanol–water partition coefficient (Wildman–Crippen LogP) is 15.1. The average molecular weight is 655 g/mol. The van der Waals surface area contributed by atoms with Crippen molar-refractivity contribution in [1.82, 2.24) is 0 Å². The van der Waals surface area contributed by atoms with Gasteiger partial charge in [0.1, 0.15) is 0 Å². The van der Waals surface area contributed by atoms with Crippen molar-refractivity contribution in [3.8, 4) is 33.4 Å². The summed E-state index contributed by atoms with van der Waals surface area (Å²) in [6, 6.07) is 53.4. The molecule has 0 bridgehead atoms. The molecule has 0 aliphatic carbocycles. The molecular formula is C50H54. The van der Waals surface area contributed by atoms with Gasteiger partial charge in [0, 0.05) is 0 Å². The van der Waals surface area contributed by atoms with E-state index in [4.69, 9.17) is 0 Å². The SMILES string of the molecule is C=C(C(=C)c1ccccc1CC)c1cccc(-c2ccc(-c3ccccc3)cc2)c1.C=C(C)c1ccc(-c2ccc(C)cc2)cc1.CC.CC. The molecule has 0 N–H and O–H groups in total. The lowest BCUT2D eigenvalue weighted by Crippen LogP contribution is -1.94. The molecule has 0 aliphatic heterocycles. The highest BCUT2D eigenvalue weighted by Crippen LogP contribution is 2.33. The smallest absolute Gasteiger partial charge is 0.0152 e. The largest absolute Gasteiger partial charge is 0.0955 e. The van der Waals surface area contributed by atoms with Crippen molar-refractivity contribution in [2.24, 2.45) is 0 Å². The average Bonchev–Trinajstić information content (AvgIpc) is 3.20. The third kappa shape index (κ3) is 10.5. The zero-order valence-electron chi connectivity index (χ0n) is 31.3. The van der Waals surface area contributed by atoms with Crippen molar-refractivity contribution >= 4 is 16.7 Å². The van der Waals surface area contributed by atoms with Crippen molar-refractivity contribution in [2.45, 2.75) is 54.9 Å². The van der Waals surface area contributed by atoms with Crippen LogP contribution >= 0.6 is 0 Å². The number of allylic oxidation sites excluding steroid dienone is 3. The Hall–Kier alpha value is -5.46. The van der Waals surface area contributed by atoms with Gasteiger partial charge in [-0.05, 0) is 93.1 Å². The molecule has 0 heterocycles. The summed E-state index contributed by atoms with van der Waals surface area (Å²) in [4.78, 5) is 0. The van der Waals surface area contributed by atoms with E-state index in [9.17, 15) is 0 Å². The molecule has 50 heavy (non-hydrogen) atoms. The summed E-state index contributed by atoms with van der Waals surface area (Å²) >= 11 is 0. The third-order valence-electron chi connectivity index (χ3n) is 8.39. The zero-order valence-corrected chi connectivity index (χ0v) is 31.3. The Labute approximate surface area is 303 Å². The zero-order chi connectivity index (χ0) is 36.5. The first-order chi connectivity index (χ1) is 24.3. The van der Waals surface area contributed by atoms with E-state index in [0.717, 1.165) is 28.7 Å². The van der Waals surface area contributed by atoms with Gasteiger partial charge in [0.15, 0.2) is 0 Å². The maximum Gasteiger partial charge on any atom is -0.0152 e. The first kappa shape index (κ1) is 39.0. The second kappa shape index (κ2) is 20.1. The molecule has 0 amide bonds. The molecule has 0 unspecified atom stereocenters. The van der Waals surface area contributed by atoms with Crippen LogP contribution in [-0.4, -0.2) is 0 Å². The maximum absolute atomic E-state index is 4.37. The minimum absolute atomic E-state index is 0.971. The summed E-state index contributed by atoms with van der Waals surface area (Å²) in [6.07, 6.45) is 0.982. The van der Waals surface area contributed by atoms with Crippen LogP contribution in [0.1, 0.15) is 69.4 Å². The van der Waals surface area contributed by atoms with Crippen LogP contribution in [0.2, 0.25) is 0 Å². The molecule has 0 heteroatoms. The Morgan fingerprint density at radius 1 is 0.440 bits per heavy atom. The Morgan fingerprint density at radius 2 is 0.880 bits per heavy atom. The summed E-state index contributed by atoms with van der Waals surface area (Å²) in [5.41, 5.74) is 16.5. The van der Waals surface area contributed by atoms with Gasteiger partial charge < -0.3 is 0 Å². The molecule has 0 radical (unpaired) electrons. The highest BCUT2D eigenvalue weighted by molar-refractivity contribution is 6.04. The van der Waals surface area contributed by atoms with Crippen molar-refractivity contribution in [3.05, 3.63) is 199 Å². The van der Waals surface area contributed by atoms with Crippen molar-refractivity contribution < 1.29 is 0 Å². The van der Waals surface area contributed by atoms with Crippen LogP contribution in [0.5, 0.6) is 0 Å². The lowest BCUT2D eigenvalue weighted by atomic mass is 9.90. The minimum Gasteiger partial charge on any atom is -0.0955 e. The number of hydrogen-bond acceptors (Lipinski definition) is 0. The second-order valence-electron chi connectivity index (χ2n) is 11.7. The van der Waals surface area contributed by atoms with Crippen molar-refractivity contribution in [2.75, 3.05) is 0 Å². The number of rotatable bonds is 8. The molecule has 254 valence electrons. The van der Waals surface area contributed by atoms with Crippen molar-refractivity contribution in [3.63, 3.8) is 0 Å². The van der Waals surface area contributed by atoms with Gasteiger partial charge in [0.25, 0.3) is 0 Å². The van der Waals surface area contributed by atoms with Crippen LogP contribution in [0.25, 0.3) is 50.1 Å². The number of aryl methyl sites for hydroxylation is 2. The van der Waals surface area contributed by atoms with Gasteiger partial charge in [0.2, 0.25) is 0 Å². The summed E-state index contributed by atoms with van der Waals surface area (Å²) in [5.74, 6) is 0. The molecule has 0 atom stereocenters. The van der Waals surface area contributed by atoms with E-state index in [-0.39, 0.29) is 0 Å². The molecule has 0 nitrogen and oxygen atoms in total. The second-order valence-corrected chi connectivity index (χ2v) is 11.7. The standard InChI is InChI=1S/C30H26.C16H16.2C2H6/c1-4-24-11-8-9-16-30(24)23(3)22(2)28-14-10-15-29(21-28)27-19-17-26(18-20-27)25-12-6-5-7-13-25;1-12(2)14-8-10-16(11-9-14)15-6-4-13(3)5-7-15;2*1-2/h5-21H,2-4H2,1H3;4-11H,1H2,2-3H3;2*1-2H3. The highest BCUT2D eigenvalue weighted by atomic mass is 14.1. The van der Waals surface area contributed by atoms with Crippen molar-refractivity contribution in [1.29, 1.82) is 0 Å². The molecule has 6 rings (SSSR count). The van der Waals surface area contributed by atoms with E-state index in [1.807, 2.05) is 40.7 Å². The fourth-order valence-electron chi connectivity index (χ4n) is 5.53. The normalized spacial score (nSPS) is 9.82. The van der Waals surface area contributed by atoms with Crippen LogP contribution in [0.4, 0.5) is 0 Å². The van der Waals surface area contributed by atoms with Crippen LogP contribution in [0, 0.1) is 6.92 Å². The van der Waals surface area contributed by atoms with Crippen LogP contribution in [0.15, 0.2) is 171 Å². The monoisotopic (exact) mass is 654 g/mol. The van der Waals surface area contributed by atoms with Gasteiger partial charge in [-0.15, -0.1) is 0 Å². The molecule has 6 aromatic carbocycles. The van der Waals surface area contributed by atoms with Crippen LogP contribution in [-0.2, 0) is 6.42 Å². The molecule has 6 aromatic rings. The fraction of sp³-hybridized carbons (Fsp3) is 0.160. The third-order valence-corrected chi connectivity index (χ3v) is 8.39. The molecule has 0 saturated heterocycles. The van der Waals surface area contributed by atoms with Gasteiger partial charge >= 0.3 is 0 Å². The Kier molecular flexibility index (Phi) is 15.7. The summed E-state index contributed by atoms with van der Waals surface area (Å²) in [5, 5.41) is 0. The van der Waals surface area contributed by atoms with E-state index in [0.29, 0.717) is 0 Å². The first-order valence-electron chi connectivity index (χ1n) is 17.9. The molecular weight excluding hydrogens is 601 g/mol. The first-order valence-corrected chi connectivity index (χ1v) is 17.9. The van der Waals surface area contributed by atoms with Crippen LogP contribution < -0.4 is 0 Å². The Bertz CT molecular complexity index is 1940. The molecule has 0 aliphatic rings. The summed E-state index contributed by atoms with van der Waals surface area (Å²) in [7, 11) is 0. The number of benzene rings is 6. The Morgan fingerprint density at radius 3 is 1.42 bits per heavy atom. The lowest BCUT2D eigenvalue weighted by molar-refractivity contribution is 1.13.